The third-order valence-corrected chi connectivity index (χ3v) is 4.60. The van der Waals surface area contributed by atoms with Gasteiger partial charge in [-0.1, -0.05) is 28.1 Å². The summed E-state index contributed by atoms with van der Waals surface area (Å²) in [6, 6.07) is 14.9. The number of thioether (sulfide) groups is 1. The Morgan fingerprint density at radius 1 is 1.10 bits per heavy atom. The van der Waals surface area contributed by atoms with Crippen LogP contribution in [0.3, 0.4) is 0 Å². The molecule has 0 saturated heterocycles. The zero-order valence-electron chi connectivity index (χ0n) is 10.9. The Morgan fingerprint density at radius 3 is 2.35 bits per heavy atom. The van der Waals surface area contributed by atoms with Crippen LogP contribution in [-0.2, 0) is 6.42 Å². The number of rotatable bonds is 6. The molecule has 2 aromatic rings. The molecule has 0 spiro atoms. The average molecular weight is 355 g/mol. The summed E-state index contributed by atoms with van der Waals surface area (Å²) < 4.78 is 13.9. The molecule has 0 bridgehead atoms. The van der Waals surface area contributed by atoms with E-state index in [9.17, 15) is 4.39 Å². The Balaban J connectivity index is 1.88. The summed E-state index contributed by atoms with van der Waals surface area (Å²) in [7, 11) is 0. The van der Waals surface area contributed by atoms with E-state index in [4.69, 9.17) is 5.84 Å². The molecule has 3 N–H and O–H groups in total. The standard InChI is InChI=1S/C15H16BrFN2S/c16-12-3-1-11(2-4-12)9-14(19-18)10-20-15-7-5-13(17)6-8-15/h1-8,14,19H,9-10,18H2. The lowest BCUT2D eigenvalue weighted by molar-refractivity contribution is 0.575. The number of hydrogen-bond acceptors (Lipinski definition) is 3. The van der Waals surface area contributed by atoms with Crippen molar-refractivity contribution in [2.45, 2.75) is 17.4 Å². The van der Waals surface area contributed by atoms with Gasteiger partial charge >= 0.3 is 0 Å². The first kappa shape index (κ1) is 15.5. The summed E-state index contributed by atoms with van der Waals surface area (Å²) >= 11 is 5.09. The van der Waals surface area contributed by atoms with Gasteiger partial charge in [0.25, 0.3) is 0 Å². The largest absolute Gasteiger partial charge is 0.271 e. The highest BCUT2D eigenvalue weighted by molar-refractivity contribution is 9.10. The van der Waals surface area contributed by atoms with Crippen LogP contribution in [0.25, 0.3) is 0 Å². The van der Waals surface area contributed by atoms with Gasteiger partial charge in [-0.05, 0) is 48.4 Å². The van der Waals surface area contributed by atoms with E-state index >= 15 is 0 Å². The molecule has 0 fully saturated rings. The molecule has 0 aliphatic rings. The molecule has 0 saturated carbocycles. The van der Waals surface area contributed by atoms with Crippen LogP contribution in [0.2, 0.25) is 0 Å². The van der Waals surface area contributed by atoms with Crippen LogP contribution in [0, 0.1) is 5.82 Å². The minimum atomic E-state index is -0.210. The summed E-state index contributed by atoms with van der Waals surface area (Å²) in [6.45, 7) is 0. The Hall–Kier alpha value is -0.880. The van der Waals surface area contributed by atoms with Gasteiger partial charge < -0.3 is 0 Å². The molecule has 0 aromatic heterocycles. The predicted molar refractivity (Wildman–Crippen MR) is 86.1 cm³/mol. The Labute approximate surface area is 131 Å². The van der Waals surface area contributed by atoms with Crippen LogP contribution >= 0.6 is 27.7 Å². The van der Waals surface area contributed by atoms with Crippen LogP contribution in [0.5, 0.6) is 0 Å². The fraction of sp³-hybridized carbons (Fsp3) is 0.200. The van der Waals surface area contributed by atoms with Crippen molar-refractivity contribution in [3.8, 4) is 0 Å². The number of hydrazine groups is 1. The number of nitrogens with two attached hydrogens (primary N) is 1. The van der Waals surface area contributed by atoms with E-state index < -0.39 is 0 Å². The van der Waals surface area contributed by atoms with Gasteiger partial charge in [0.2, 0.25) is 0 Å². The van der Waals surface area contributed by atoms with Crippen LogP contribution in [0.15, 0.2) is 57.9 Å². The van der Waals surface area contributed by atoms with Crippen molar-refractivity contribution in [3.63, 3.8) is 0 Å². The summed E-state index contributed by atoms with van der Waals surface area (Å²) in [5.74, 6) is 6.23. The lowest BCUT2D eigenvalue weighted by Gasteiger charge is -2.15. The summed E-state index contributed by atoms with van der Waals surface area (Å²) in [6.07, 6.45) is 0.859. The first-order valence-electron chi connectivity index (χ1n) is 6.26. The zero-order chi connectivity index (χ0) is 14.4. The van der Waals surface area contributed by atoms with Crippen molar-refractivity contribution >= 4 is 27.7 Å². The monoisotopic (exact) mass is 354 g/mol. The van der Waals surface area contributed by atoms with E-state index in [1.54, 1.807) is 23.9 Å². The van der Waals surface area contributed by atoms with Gasteiger partial charge in [-0.15, -0.1) is 11.8 Å². The summed E-state index contributed by atoms with van der Waals surface area (Å²) in [5.41, 5.74) is 4.07. The third-order valence-electron chi connectivity index (χ3n) is 2.90. The second-order valence-corrected chi connectivity index (χ2v) is 6.47. The molecule has 1 atom stereocenters. The maximum atomic E-state index is 12.8. The Bertz CT molecular complexity index is 531. The second kappa shape index (κ2) is 7.78. The molecule has 0 radical (unpaired) electrons. The van der Waals surface area contributed by atoms with Crippen molar-refractivity contribution in [2.75, 3.05) is 5.75 Å². The van der Waals surface area contributed by atoms with Gasteiger partial charge in [-0.25, -0.2) is 4.39 Å². The fourth-order valence-corrected chi connectivity index (χ4v) is 3.00. The molecular weight excluding hydrogens is 339 g/mol. The van der Waals surface area contributed by atoms with Gasteiger partial charge in [0.15, 0.2) is 0 Å². The second-order valence-electron chi connectivity index (χ2n) is 4.46. The van der Waals surface area contributed by atoms with E-state index in [0.29, 0.717) is 0 Å². The molecule has 0 heterocycles. The van der Waals surface area contributed by atoms with E-state index in [1.165, 1.54) is 17.7 Å². The lowest BCUT2D eigenvalue weighted by Crippen LogP contribution is -2.38. The number of nitrogens with one attached hydrogen (secondary N) is 1. The topological polar surface area (TPSA) is 38.0 Å². The van der Waals surface area contributed by atoms with Gasteiger partial charge in [0.05, 0.1) is 0 Å². The highest BCUT2D eigenvalue weighted by atomic mass is 79.9. The highest BCUT2D eigenvalue weighted by Crippen LogP contribution is 2.20. The molecule has 0 amide bonds. The summed E-state index contributed by atoms with van der Waals surface area (Å²) in [4.78, 5) is 1.04. The van der Waals surface area contributed by atoms with Crippen molar-refractivity contribution in [3.05, 3.63) is 64.4 Å². The minimum absolute atomic E-state index is 0.172. The number of benzene rings is 2. The number of hydrogen-bond donors (Lipinski definition) is 2. The van der Waals surface area contributed by atoms with E-state index in [0.717, 1.165) is 21.5 Å². The van der Waals surface area contributed by atoms with Crippen molar-refractivity contribution < 1.29 is 4.39 Å². The summed E-state index contributed by atoms with van der Waals surface area (Å²) in [5, 5.41) is 0. The van der Waals surface area contributed by atoms with Gasteiger partial charge in [0.1, 0.15) is 5.82 Å². The SMILES string of the molecule is NNC(CSc1ccc(F)cc1)Cc1ccc(Br)cc1. The van der Waals surface area contributed by atoms with Crippen LogP contribution in [-0.4, -0.2) is 11.8 Å². The van der Waals surface area contributed by atoms with Crippen LogP contribution in [0.1, 0.15) is 5.56 Å². The molecule has 0 aliphatic heterocycles. The normalized spacial score (nSPS) is 12.3. The zero-order valence-corrected chi connectivity index (χ0v) is 13.3. The lowest BCUT2D eigenvalue weighted by atomic mass is 10.1. The molecule has 0 aliphatic carbocycles. The molecule has 2 aromatic carbocycles. The van der Waals surface area contributed by atoms with Gasteiger partial charge in [0, 0.05) is 21.2 Å². The first-order valence-corrected chi connectivity index (χ1v) is 8.04. The predicted octanol–water partition coefficient (Wildman–Crippen LogP) is 3.75. The highest BCUT2D eigenvalue weighted by Gasteiger charge is 2.08. The number of halogens is 2. The minimum Gasteiger partial charge on any atom is -0.271 e. The van der Waals surface area contributed by atoms with E-state index in [-0.39, 0.29) is 11.9 Å². The molecule has 2 nitrogen and oxygen atoms in total. The molecular formula is C15H16BrFN2S. The van der Waals surface area contributed by atoms with Crippen molar-refractivity contribution in [1.82, 2.24) is 5.43 Å². The maximum absolute atomic E-state index is 12.8. The Kier molecular flexibility index (Phi) is 6.04. The smallest absolute Gasteiger partial charge is 0.123 e. The fourth-order valence-electron chi connectivity index (χ4n) is 1.80. The van der Waals surface area contributed by atoms with Crippen molar-refractivity contribution in [2.24, 2.45) is 5.84 Å². The quantitative estimate of drug-likeness (QED) is 0.471. The van der Waals surface area contributed by atoms with E-state index in [1.807, 2.05) is 12.1 Å². The molecule has 5 heteroatoms. The molecule has 106 valence electrons. The average Bonchev–Trinajstić information content (AvgIpc) is 2.47. The van der Waals surface area contributed by atoms with Gasteiger partial charge in [-0.2, -0.15) is 0 Å². The maximum Gasteiger partial charge on any atom is 0.123 e. The van der Waals surface area contributed by atoms with Crippen LogP contribution < -0.4 is 11.3 Å². The molecule has 20 heavy (non-hydrogen) atoms. The molecule has 2 rings (SSSR count). The van der Waals surface area contributed by atoms with E-state index in [2.05, 4.69) is 33.5 Å². The Morgan fingerprint density at radius 2 is 1.75 bits per heavy atom. The van der Waals surface area contributed by atoms with Crippen molar-refractivity contribution in [1.29, 1.82) is 0 Å². The van der Waals surface area contributed by atoms with Crippen LogP contribution in [0.4, 0.5) is 4.39 Å². The first-order chi connectivity index (χ1) is 9.67. The third kappa shape index (κ3) is 4.90. The van der Waals surface area contributed by atoms with Gasteiger partial charge in [-0.3, -0.25) is 11.3 Å². The molecule has 1 unspecified atom stereocenters.